The highest BCUT2D eigenvalue weighted by molar-refractivity contribution is 6.35. The van der Waals surface area contributed by atoms with E-state index in [4.69, 9.17) is 28.3 Å². The molecule has 0 aliphatic rings. The van der Waals surface area contributed by atoms with Crippen LogP contribution < -0.4 is 5.32 Å². The van der Waals surface area contributed by atoms with Crippen molar-refractivity contribution in [2.75, 3.05) is 0 Å². The van der Waals surface area contributed by atoms with Gasteiger partial charge in [0.15, 0.2) is 0 Å². The Labute approximate surface area is 128 Å². The average Bonchev–Trinajstić information content (AvgIpc) is 2.32. The van der Waals surface area contributed by atoms with Crippen LogP contribution in [0.2, 0.25) is 10.0 Å². The maximum atomic E-state index is 11.9. The van der Waals surface area contributed by atoms with Gasteiger partial charge in [0.25, 0.3) is 0 Å². The van der Waals surface area contributed by atoms with Gasteiger partial charge < -0.3 is 10.4 Å². The Morgan fingerprint density at radius 1 is 1.35 bits per heavy atom. The Hall–Kier alpha value is -1.26. The van der Waals surface area contributed by atoms with Crippen molar-refractivity contribution in [2.45, 2.75) is 38.6 Å². The molecule has 1 aromatic rings. The number of carbonyl (C=O) groups is 2. The largest absolute Gasteiger partial charge is 0.481 e. The molecule has 1 amide bonds. The molecule has 0 aliphatic heterocycles. The van der Waals surface area contributed by atoms with Gasteiger partial charge in [-0.3, -0.25) is 9.59 Å². The summed E-state index contributed by atoms with van der Waals surface area (Å²) < 4.78 is 0. The number of hydrogen-bond acceptors (Lipinski definition) is 2. The number of carboxylic acid groups (broad SMARTS) is 1. The molecule has 110 valence electrons. The maximum Gasteiger partial charge on any atom is 0.305 e. The van der Waals surface area contributed by atoms with Crippen molar-refractivity contribution in [1.82, 2.24) is 5.32 Å². The standard InChI is InChI=1S/C14H17Cl2NO3/c1-2-3-11(8-14(19)20)17-13(18)6-9-4-5-10(15)7-12(9)16/h4-5,7,11H,2-3,6,8H2,1H3,(H,17,18)(H,19,20). The third kappa shape index (κ3) is 5.80. The number of halogens is 2. The lowest BCUT2D eigenvalue weighted by Crippen LogP contribution is -2.37. The van der Waals surface area contributed by atoms with Gasteiger partial charge in [-0.15, -0.1) is 0 Å². The fourth-order valence-electron chi connectivity index (χ4n) is 1.90. The molecule has 20 heavy (non-hydrogen) atoms. The van der Waals surface area contributed by atoms with E-state index in [1.54, 1.807) is 18.2 Å². The van der Waals surface area contributed by atoms with Gasteiger partial charge in [-0.25, -0.2) is 0 Å². The third-order valence-corrected chi connectivity index (χ3v) is 3.38. The van der Waals surface area contributed by atoms with E-state index in [1.165, 1.54) is 0 Å². The van der Waals surface area contributed by atoms with Crippen LogP contribution >= 0.6 is 23.2 Å². The summed E-state index contributed by atoms with van der Waals surface area (Å²) in [5, 5.41) is 12.5. The van der Waals surface area contributed by atoms with Gasteiger partial charge in [-0.1, -0.05) is 42.6 Å². The first-order chi connectivity index (χ1) is 9.42. The van der Waals surface area contributed by atoms with Gasteiger partial charge in [0.05, 0.1) is 12.8 Å². The number of hydrogen-bond donors (Lipinski definition) is 2. The minimum atomic E-state index is -0.923. The van der Waals surface area contributed by atoms with Gasteiger partial charge in [0, 0.05) is 16.1 Å². The lowest BCUT2D eigenvalue weighted by atomic mass is 10.1. The third-order valence-electron chi connectivity index (χ3n) is 2.79. The summed E-state index contributed by atoms with van der Waals surface area (Å²) >= 11 is 11.8. The van der Waals surface area contributed by atoms with E-state index in [0.717, 1.165) is 6.42 Å². The van der Waals surface area contributed by atoms with E-state index in [0.29, 0.717) is 22.0 Å². The molecule has 1 atom stereocenters. The summed E-state index contributed by atoms with van der Waals surface area (Å²) in [5.74, 6) is -1.16. The molecule has 0 bridgehead atoms. The zero-order valence-electron chi connectivity index (χ0n) is 11.2. The van der Waals surface area contributed by atoms with Crippen molar-refractivity contribution in [2.24, 2.45) is 0 Å². The molecule has 0 saturated heterocycles. The molecule has 0 radical (unpaired) electrons. The van der Waals surface area contributed by atoms with Gasteiger partial charge in [-0.05, 0) is 24.1 Å². The maximum absolute atomic E-state index is 11.9. The summed E-state index contributed by atoms with van der Waals surface area (Å²) in [6.07, 6.45) is 1.47. The zero-order valence-corrected chi connectivity index (χ0v) is 12.7. The number of carbonyl (C=O) groups excluding carboxylic acids is 1. The fraction of sp³-hybridized carbons (Fsp3) is 0.429. The molecular weight excluding hydrogens is 301 g/mol. The smallest absolute Gasteiger partial charge is 0.305 e. The normalized spacial score (nSPS) is 11.9. The lowest BCUT2D eigenvalue weighted by molar-refractivity contribution is -0.137. The first-order valence-corrected chi connectivity index (χ1v) is 7.13. The van der Waals surface area contributed by atoms with Crippen LogP contribution in [-0.4, -0.2) is 23.0 Å². The minimum absolute atomic E-state index is 0.0755. The number of benzene rings is 1. The summed E-state index contributed by atoms with van der Waals surface area (Å²) in [4.78, 5) is 22.6. The van der Waals surface area contributed by atoms with E-state index >= 15 is 0 Å². The predicted molar refractivity (Wildman–Crippen MR) is 79.3 cm³/mol. The van der Waals surface area contributed by atoms with E-state index < -0.39 is 5.97 Å². The Morgan fingerprint density at radius 3 is 2.60 bits per heavy atom. The Kier molecular flexibility index (Phi) is 6.82. The quantitative estimate of drug-likeness (QED) is 0.810. The van der Waals surface area contributed by atoms with E-state index in [9.17, 15) is 9.59 Å². The lowest BCUT2D eigenvalue weighted by Gasteiger charge is -2.16. The topological polar surface area (TPSA) is 66.4 Å². The molecule has 1 aromatic carbocycles. The number of nitrogens with one attached hydrogen (secondary N) is 1. The first kappa shape index (κ1) is 16.8. The van der Waals surface area contributed by atoms with Gasteiger partial charge in [0.1, 0.15) is 0 Å². The molecule has 0 aliphatic carbocycles. The first-order valence-electron chi connectivity index (χ1n) is 6.37. The van der Waals surface area contributed by atoms with Crippen molar-refractivity contribution in [3.8, 4) is 0 Å². The summed E-state index contributed by atoms with van der Waals surface area (Å²) in [6.45, 7) is 1.94. The SMILES string of the molecule is CCCC(CC(=O)O)NC(=O)Cc1ccc(Cl)cc1Cl. The second-order valence-corrected chi connectivity index (χ2v) is 5.41. The van der Waals surface area contributed by atoms with Crippen LogP contribution in [0.15, 0.2) is 18.2 Å². The molecule has 0 aromatic heterocycles. The number of carboxylic acids is 1. The Balaban J connectivity index is 2.62. The predicted octanol–water partition coefficient (Wildman–Crippen LogP) is 3.30. The second kappa shape index (κ2) is 8.12. The van der Waals surface area contributed by atoms with Crippen LogP contribution in [0.4, 0.5) is 0 Å². The number of aliphatic carboxylic acids is 1. The average molecular weight is 318 g/mol. The van der Waals surface area contributed by atoms with Crippen LogP contribution in [0.1, 0.15) is 31.7 Å². The van der Waals surface area contributed by atoms with E-state index in [-0.39, 0.29) is 24.8 Å². The molecule has 1 rings (SSSR count). The van der Waals surface area contributed by atoms with Gasteiger partial charge >= 0.3 is 5.97 Å². The molecule has 0 heterocycles. The fourth-order valence-corrected chi connectivity index (χ4v) is 2.38. The zero-order chi connectivity index (χ0) is 15.1. The van der Waals surface area contributed by atoms with Crippen molar-refractivity contribution in [3.05, 3.63) is 33.8 Å². The highest BCUT2D eigenvalue weighted by Gasteiger charge is 2.16. The summed E-state index contributed by atoms with van der Waals surface area (Å²) in [6, 6.07) is 4.58. The summed E-state index contributed by atoms with van der Waals surface area (Å²) in [5.41, 5.74) is 0.666. The van der Waals surface area contributed by atoms with Crippen LogP contribution in [-0.2, 0) is 16.0 Å². The molecular formula is C14H17Cl2NO3. The van der Waals surface area contributed by atoms with Crippen LogP contribution in [0.25, 0.3) is 0 Å². The second-order valence-electron chi connectivity index (χ2n) is 4.56. The van der Waals surface area contributed by atoms with Crippen LogP contribution in [0.5, 0.6) is 0 Å². The molecule has 4 nitrogen and oxygen atoms in total. The van der Waals surface area contributed by atoms with Gasteiger partial charge in [-0.2, -0.15) is 0 Å². The Morgan fingerprint density at radius 2 is 2.05 bits per heavy atom. The highest BCUT2D eigenvalue weighted by Crippen LogP contribution is 2.21. The van der Waals surface area contributed by atoms with Crippen LogP contribution in [0.3, 0.4) is 0 Å². The Bertz CT molecular complexity index is 491. The van der Waals surface area contributed by atoms with Crippen molar-refractivity contribution >= 4 is 35.1 Å². The molecule has 6 heteroatoms. The van der Waals surface area contributed by atoms with Crippen molar-refractivity contribution in [3.63, 3.8) is 0 Å². The van der Waals surface area contributed by atoms with Crippen molar-refractivity contribution in [1.29, 1.82) is 0 Å². The number of rotatable bonds is 7. The molecule has 0 spiro atoms. The number of amides is 1. The minimum Gasteiger partial charge on any atom is -0.481 e. The molecule has 2 N–H and O–H groups in total. The molecule has 1 unspecified atom stereocenters. The van der Waals surface area contributed by atoms with Crippen molar-refractivity contribution < 1.29 is 14.7 Å². The monoisotopic (exact) mass is 317 g/mol. The van der Waals surface area contributed by atoms with Gasteiger partial charge in [0.2, 0.25) is 5.91 Å². The van der Waals surface area contributed by atoms with E-state index in [1.807, 2.05) is 6.92 Å². The molecule has 0 fully saturated rings. The van der Waals surface area contributed by atoms with E-state index in [2.05, 4.69) is 5.32 Å². The highest BCUT2D eigenvalue weighted by atomic mass is 35.5. The summed E-state index contributed by atoms with van der Waals surface area (Å²) in [7, 11) is 0. The molecule has 0 saturated carbocycles. The van der Waals surface area contributed by atoms with Crippen LogP contribution in [0, 0.1) is 0 Å².